The number of carboxylic acid groups (broad SMARTS) is 4. The smallest absolute Gasteiger partial charge is 0.332 e. The highest BCUT2D eigenvalue weighted by molar-refractivity contribution is 6.03. The first kappa shape index (κ1) is 24.1. The molecule has 1 aliphatic rings. The van der Waals surface area contributed by atoms with Crippen LogP contribution in [0.2, 0.25) is 0 Å². The quantitative estimate of drug-likeness (QED) is 0.401. The molecule has 0 bridgehead atoms. The van der Waals surface area contributed by atoms with Gasteiger partial charge >= 0.3 is 23.9 Å². The summed E-state index contributed by atoms with van der Waals surface area (Å²) in [5.41, 5.74) is -1.45. The molecule has 160 valence electrons. The summed E-state index contributed by atoms with van der Waals surface area (Å²) < 4.78 is 0. The molecule has 2 unspecified atom stereocenters. The van der Waals surface area contributed by atoms with Crippen LogP contribution in [0.1, 0.15) is 58.8 Å². The van der Waals surface area contributed by atoms with Crippen molar-refractivity contribution in [2.24, 2.45) is 11.8 Å². The summed E-state index contributed by atoms with van der Waals surface area (Å²) in [4.78, 5) is 47.7. The number of hydrogen-bond donors (Lipinski definition) is 4. The van der Waals surface area contributed by atoms with Gasteiger partial charge in [-0.25, -0.2) is 19.2 Å². The van der Waals surface area contributed by atoms with E-state index in [2.05, 4.69) is 0 Å². The standard InChI is InChI=1S/C21H28O8/c1-3-5-7-9-13-11-15(19(24)25)16(20(26)27)12(8-6-4-2)10-14(18(22)23)17(13)21(28)29/h7,9,12-13H,3-6,8,10-11H2,1-2H3,(H,22,23)(H,24,25)(H,26,27)(H,28,29). The topological polar surface area (TPSA) is 149 Å². The Morgan fingerprint density at radius 2 is 1.38 bits per heavy atom. The van der Waals surface area contributed by atoms with Gasteiger partial charge in [0, 0.05) is 17.1 Å². The van der Waals surface area contributed by atoms with Crippen LogP contribution in [0.15, 0.2) is 34.4 Å². The molecule has 0 aromatic heterocycles. The molecule has 0 saturated carbocycles. The predicted molar refractivity (Wildman–Crippen MR) is 104 cm³/mol. The van der Waals surface area contributed by atoms with Gasteiger partial charge in [0.1, 0.15) is 0 Å². The zero-order valence-electron chi connectivity index (χ0n) is 16.7. The van der Waals surface area contributed by atoms with Crippen LogP contribution in [0.25, 0.3) is 0 Å². The van der Waals surface area contributed by atoms with Crippen LogP contribution in [0, 0.1) is 11.8 Å². The van der Waals surface area contributed by atoms with Gasteiger partial charge in [0.2, 0.25) is 0 Å². The Morgan fingerprint density at radius 1 is 0.828 bits per heavy atom. The highest BCUT2D eigenvalue weighted by Crippen LogP contribution is 2.38. The van der Waals surface area contributed by atoms with Crippen LogP contribution in [-0.2, 0) is 19.2 Å². The third kappa shape index (κ3) is 6.30. The molecule has 0 amide bonds. The lowest BCUT2D eigenvalue weighted by Crippen LogP contribution is -2.28. The second-order valence-electron chi connectivity index (χ2n) is 7.08. The molecule has 0 aliphatic heterocycles. The molecule has 0 aromatic rings. The lowest BCUT2D eigenvalue weighted by Gasteiger charge is -2.27. The Hall–Kier alpha value is -2.90. The fourth-order valence-electron chi connectivity index (χ4n) is 3.65. The maximum Gasteiger partial charge on any atom is 0.332 e. The van der Waals surface area contributed by atoms with Crippen LogP contribution in [0.3, 0.4) is 0 Å². The van der Waals surface area contributed by atoms with Crippen LogP contribution in [0.5, 0.6) is 0 Å². The Labute approximate surface area is 169 Å². The van der Waals surface area contributed by atoms with Crippen molar-refractivity contribution in [1.82, 2.24) is 0 Å². The Bertz CT molecular complexity index is 757. The SMILES string of the molecule is CCCC=CC1CC(C(=O)O)=C(C(=O)O)C(CCCC)CC(C(=O)O)=C1C(=O)O. The monoisotopic (exact) mass is 408 g/mol. The van der Waals surface area contributed by atoms with Gasteiger partial charge in [-0.15, -0.1) is 0 Å². The summed E-state index contributed by atoms with van der Waals surface area (Å²) in [6.07, 6.45) is 5.30. The van der Waals surface area contributed by atoms with Crippen molar-refractivity contribution in [2.45, 2.75) is 58.8 Å². The van der Waals surface area contributed by atoms with Crippen LogP contribution >= 0.6 is 0 Å². The number of allylic oxidation sites excluding steroid dienone is 2. The summed E-state index contributed by atoms with van der Waals surface area (Å²) in [6.45, 7) is 3.78. The molecule has 4 N–H and O–H groups in total. The van der Waals surface area contributed by atoms with E-state index in [9.17, 15) is 39.6 Å². The fraction of sp³-hybridized carbons (Fsp3) is 0.524. The third-order valence-corrected chi connectivity index (χ3v) is 5.01. The van der Waals surface area contributed by atoms with Gasteiger partial charge in [0.05, 0.1) is 11.1 Å². The number of carboxylic acids is 4. The van der Waals surface area contributed by atoms with E-state index in [0.29, 0.717) is 19.3 Å². The number of unbranched alkanes of at least 4 members (excludes halogenated alkanes) is 2. The van der Waals surface area contributed by atoms with E-state index < -0.39 is 42.1 Å². The second kappa shape index (κ2) is 11.2. The molecule has 0 spiro atoms. The minimum absolute atomic E-state index is 0.259. The van der Waals surface area contributed by atoms with Crippen LogP contribution in [0.4, 0.5) is 0 Å². The molecular weight excluding hydrogens is 380 g/mol. The van der Waals surface area contributed by atoms with Gasteiger partial charge in [0.15, 0.2) is 0 Å². The van der Waals surface area contributed by atoms with E-state index in [0.717, 1.165) is 6.42 Å². The fourth-order valence-corrected chi connectivity index (χ4v) is 3.65. The number of aliphatic carboxylic acids is 4. The second-order valence-corrected chi connectivity index (χ2v) is 7.08. The molecule has 0 saturated heterocycles. The molecule has 8 nitrogen and oxygen atoms in total. The minimum atomic E-state index is -1.44. The number of rotatable bonds is 10. The van der Waals surface area contributed by atoms with Gasteiger partial charge in [0.25, 0.3) is 0 Å². The molecule has 8 heteroatoms. The number of carbonyl (C=O) groups is 4. The first-order valence-corrected chi connectivity index (χ1v) is 9.71. The third-order valence-electron chi connectivity index (χ3n) is 5.01. The molecular formula is C21H28O8. The highest BCUT2D eigenvalue weighted by Gasteiger charge is 2.37. The minimum Gasteiger partial charge on any atom is -0.478 e. The molecule has 2 atom stereocenters. The van der Waals surface area contributed by atoms with E-state index in [4.69, 9.17) is 0 Å². The maximum atomic E-state index is 12.0. The Morgan fingerprint density at radius 3 is 1.83 bits per heavy atom. The summed E-state index contributed by atoms with van der Waals surface area (Å²) in [7, 11) is 0. The normalized spacial score (nSPS) is 20.5. The average Bonchev–Trinajstić information content (AvgIpc) is 2.61. The molecule has 0 heterocycles. The van der Waals surface area contributed by atoms with E-state index in [1.165, 1.54) is 6.08 Å². The van der Waals surface area contributed by atoms with Gasteiger partial charge < -0.3 is 20.4 Å². The van der Waals surface area contributed by atoms with E-state index in [1.54, 1.807) is 6.08 Å². The lowest BCUT2D eigenvalue weighted by atomic mass is 9.76. The van der Waals surface area contributed by atoms with Crippen molar-refractivity contribution < 1.29 is 39.6 Å². The van der Waals surface area contributed by atoms with E-state index in [-0.39, 0.29) is 35.1 Å². The first-order valence-electron chi connectivity index (χ1n) is 9.71. The molecule has 29 heavy (non-hydrogen) atoms. The molecule has 1 aliphatic carbocycles. The largest absolute Gasteiger partial charge is 0.478 e. The van der Waals surface area contributed by atoms with Crippen molar-refractivity contribution in [3.63, 3.8) is 0 Å². The molecule has 0 radical (unpaired) electrons. The Balaban J connectivity index is 3.76. The van der Waals surface area contributed by atoms with E-state index in [1.807, 2.05) is 13.8 Å². The zero-order chi connectivity index (χ0) is 22.1. The van der Waals surface area contributed by atoms with Crippen molar-refractivity contribution in [3.05, 3.63) is 34.4 Å². The average molecular weight is 408 g/mol. The molecule has 1 rings (SSSR count). The van der Waals surface area contributed by atoms with E-state index >= 15 is 0 Å². The lowest BCUT2D eigenvalue weighted by molar-refractivity contribution is -0.137. The van der Waals surface area contributed by atoms with Crippen molar-refractivity contribution in [1.29, 1.82) is 0 Å². The summed E-state index contributed by atoms with van der Waals surface area (Å²) in [5.74, 6) is -7.64. The Kier molecular flexibility index (Phi) is 9.31. The van der Waals surface area contributed by atoms with Crippen molar-refractivity contribution in [2.75, 3.05) is 0 Å². The van der Waals surface area contributed by atoms with Gasteiger partial charge in [-0.05, 0) is 31.6 Å². The molecule has 0 aromatic carbocycles. The van der Waals surface area contributed by atoms with Crippen LogP contribution < -0.4 is 0 Å². The predicted octanol–water partition coefficient (Wildman–Crippen LogP) is 3.49. The highest BCUT2D eigenvalue weighted by atomic mass is 16.4. The summed E-state index contributed by atoms with van der Waals surface area (Å²) in [5, 5.41) is 38.8. The van der Waals surface area contributed by atoms with Crippen LogP contribution in [-0.4, -0.2) is 44.3 Å². The number of hydrogen-bond acceptors (Lipinski definition) is 4. The van der Waals surface area contributed by atoms with Crippen molar-refractivity contribution >= 4 is 23.9 Å². The van der Waals surface area contributed by atoms with Gasteiger partial charge in [-0.3, -0.25) is 0 Å². The zero-order valence-corrected chi connectivity index (χ0v) is 16.7. The van der Waals surface area contributed by atoms with Gasteiger partial charge in [-0.1, -0.05) is 45.3 Å². The molecule has 0 fully saturated rings. The summed E-state index contributed by atoms with van der Waals surface area (Å²) >= 11 is 0. The maximum absolute atomic E-state index is 12.0. The van der Waals surface area contributed by atoms with Gasteiger partial charge in [-0.2, -0.15) is 0 Å². The first-order chi connectivity index (χ1) is 13.6. The summed E-state index contributed by atoms with van der Waals surface area (Å²) in [6, 6.07) is 0. The van der Waals surface area contributed by atoms with Crippen molar-refractivity contribution in [3.8, 4) is 0 Å².